The standard InChI is InChI=1S/C30H38N8O3/c1-20(22-11-8-7-9-12-22)38(21(2)39)19-23-17-33-28(35-26(16-31)18-32-6)37-27(23)34-24-13-10-14-25(15-24)36-29(40)41-30(3,4)5/h7-18,20H,19,31H2,1-6H3,(H,36,40)(H2,33,34,35,37)/b26-16+,32-18?. The highest BCUT2D eigenvalue weighted by Crippen LogP contribution is 2.28. The molecule has 3 rings (SSSR count). The molecule has 2 amide bonds. The number of nitrogens with zero attached hydrogens (tertiary/aromatic N) is 4. The summed E-state index contributed by atoms with van der Waals surface area (Å²) in [5.41, 5.74) is 8.47. The highest BCUT2D eigenvalue weighted by atomic mass is 16.6. The van der Waals surface area contributed by atoms with Crippen LogP contribution in [0, 0.1) is 0 Å². The van der Waals surface area contributed by atoms with Crippen molar-refractivity contribution in [2.45, 2.75) is 52.8 Å². The number of anilines is 4. The number of allylic oxidation sites excluding steroid dienone is 1. The predicted octanol–water partition coefficient (Wildman–Crippen LogP) is 5.59. The van der Waals surface area contributed by atoms with Gasteiger partial charge in [-0.05, 0) is 51.5 Å². The van der Waals surface area contributed by atoms with Crippen molar-refractivity contribution in [3.05, 3.63) is 83.8 Å². The molecule has 1 heterocycles. The van der Waals surface area contributed by atoms with Gasteiger partial charge in [0.15, 0.2) is 0 Å². The second-order valence-electron chi connectivity index (χ2n) is 10.3. The van der Waals surface area contributed by atoms with Crippen LogP contribution in [-0.4, -0.2) is 45.7 Å². The molecule has 1 aromatic heterocycles. The quantitative estimate of drug-likeness (QED) is 0.236. The summed E-state index contributed by atoms with van der Waals surface area (Å²) in [4.78, 5) is 39.9. The van der Waals surface area contributed by atoms with E-state index in [9.17, 15) is 9.59 Å². The Hall–Kier alpha value is -4.93. The number of benzene rings is 2. The zero-order valence-electron chi connectivity index (χ0n) is 24.3. The van der Waals surface area contributed by atoms with E-state index in [1.165, 1.54) is 13.1 Å². The summed E-state index contributed by atoms with van der Waals surface area (Å²) >= 11 is 0. The van der Waals surface area contributed by atoms with Crippen LogP contribution < -0.4 is 21.7 Å². The number of carbonyl (C=O) groups is 2. The van der Waals surface area contributed by atoms with Crippen molar-refractivity contribution in [3.63, 3.8) is 0 Å². The van der Waals surface area contributed by atoms with E-state index in [1.54, 1.807) is 63.3 Å². The Labute approximate surface area is 240 Å². The SMILES string of the molecule is CN=C/C(=C\N)Nc1ncc(CN(C(C)=O)C(C)c2ccccc2)c(Nc2cccc(NC(=O)OC(C)(C)C)c2)n1. The molecule has 0 aliphatic carbocycles. The molecule has 216 valence electrons. The molecule has 0 fully saturated rings. The molecule has 0 spiro atoms. The number of aliphatic imine (C=N–C) groups is 1. The fraction of sp³-hybridized carbons (Fsp3) is 0.300. The molecule has 1 unspecified atom stereocenters. The smallest absolute Gasteiger partial charge is 0.412 e. The van der Waals surface area contributed by atoms with Crippen molar-refractivity contribution in [2.24, 2.45) is 10.7 Å². The molecule has 11 heteroatoms. The van der Waals surface area contributed by atoms with Gasteiger partial charge in [0.1, 0.15) is 11.4 Å². The average Bonchev–Trinajstić information content (AvgIpc) is 2.91. The minimum absolute atomic E-state index is 0.0921. The number of carbonyl (C=O) groups excluding carboxylic acids is 2. The lowest BCUT2D eigenvalue weighted by Gasteiger charge is -2.29. The van der Waals surface area contributed by atoms with Gasteiger partial charge in [-0.2, -0.15) is 4.98 Å². The Balaban J connectivity index is 1.95. The number of nitrogens with two attached hydrogens (primary N) is 1. The normalized spacial score (nSPS) is 12.5. The van der Waals surface area contributed by atoms with Gasteiger partial charge in [0.2, 0.25) is 11.9 Å². The molecule has 0 bridgehead atoms. The zero-order chi connectivity index (χ0) is 30.0. The average molecular weight is 559 g/mol. The van der Waals surface area contributed by atoms with E-state index < -0.39 is 11.7 Å². The van der Waals surface area contributed by atoms with Crippen LogP contribution >= 0.6 is 0 Å². The Kier molecular flexibility index (Phi) is 10.4. The summed E-state index contributed by atoms with van der Waals surface area (Å²) in [6.45, 7) is 9.17. The van der Waals surface area contributed by atoms with E-state index in [-0.39, 0.29) is 24.4 Å². The second kappa shape index (κ2) is 13.9. The molecule has 0 aliphatic rings. The van der Waals surface area contributed by atoms with Crippen LogP contribution in [-0.2, 0) is 16.1 Å². The number of hydrogen-bond donors (Lipinski definition) is 4. The maximum Gasteiger partial charge on any atom is 0.412 e. The molecular weight excluding hydrogens is 520 g/mol. The van der Waals surface area contributed by atoms with Crippen molar-refractivity contribution in [2.75, 3.05) is 23.0 Å². The van der Waals surface area contributed by atoms with Crippen LogP contribution in [0.2, 0.25) is 0 Å². The lowest BCUT2D eigenvalue weighted by molar-refractivity contribution is -0.131. The third kappa shape index (κ3) is 9.34. The summed E-state index contributed by atoms with van der Waals surface area (Å²) in [6.07, 6.45) is 4.01. The van der Waals surface area contributed by atoms with E-state index in [0.717, 1.165) is 5.56 Å². The van der Waals surface area contributed by atoms with Gasteiger partial charge >= 0.3 is 6.09 Å². The summed E-state index contributed by atoms with van der Waals surface area (Å²) in [7, 11) is 1.63. The highest BCUT2D eigenvalue weighted by Gasteiger charge is 2.22. The molecular formula is C30H38N8O3. The van der Waals surface area contributed by atoms with E-state index in [2.05, 4.69) is 30.9 Å². The van der Waals surface area contributed by atoms with E-state index >= 15 is 0 Å². The zero-order valence-corrected chi connectivity index (χ0v) is 24.3. The van der Waals surface area contributed by atoms with Crippen LogP contribution in [0.5, 0.6) is 0 Å². The predicted molar refractivity (Wildman–Crippen MR) is 163 cm³/mol. The van der Waals surface area contributed by atoms with E-state index in [4.69, 9.17) is 10.5 Å². The second-order valence-corrected chi connectivity index (χ2v) is 10.3. The third-order valence-electron chi connectivity index (χ3n) is 5.83. The van der Waals surface area contributed by atoms with Crippen molar-refractivity contribution >= 4 is 41.4 Å². The highest BCUT2D eigenvalue weighted by molar-refractivity contribution is 5.86. The largest absolute Gasteiger partial charge is 0.444 e. The monoisotopic (exact) mass is 558 g/mol. The molecule has 41 heavy (non-hydrogen) atoms. The van der Waals surface area contributed by atoms with E-state index in [0.29, 0.717) is 28.5 Å². The van der Waals surface area contributed by atoms with Gasteiger partial charge in [-0.25, -0.2) is 9.78 Å². The van der Waals surface area contributed by atoms with Gasteiger partial charge < -0.3 is 26.0 Å². The van der Waals surface area contributed by atoms with Crippen molar-refractivity contribution < 1.29 is 14.3 Å². The van der Waals surface area contributed by atoms with Crippen LogP contribution in [0.4, 0.5) is 27.9 Å². The summed E-state index contributed by atoms with van der Waals surface area (Å²) in [5.74, 6) is 0.653. The molecule has 3 aromatic rings. The Bertz CT molecular complexity index is 1400. The van der Waals surface area contributed by atoms with E-state index in [1.807, 2.05) is 43.3 Å². The number of rotatable bonds is 10. The first-order chi connectivity index (χ1) is 19.5. The fourth-order valence-electron chi connectivity index (χ4n) is 3.92. The summed E-state index contributed by atoms with van der Waals surface area (Å²) in [5, 5.41) is 9.10. The van der Waals surface area contributed by atoms with Crippen LogP contribution in [0.1, 0.15) is 51.8 Å². The maximum atomic E-state index is 12.8. The first-order valence-corrected chi connectivity index (χ1v) is 13.1. The van der Waals surface area contributed by atoms with Gasteiger partial charge in [0.05, 0.1) is 18.3 Å². The first kappa shape index (κ1) is 30.6. The Morgan fingerprint density at radius 2 is 1.80 bits per heavy atom. The van der Waals surface area contributed by atoms with Gasteiger partial charge in [-0.15, -0.1) is 0 Å². The first-order valence-electron chi connectivity index (χ1n) is 13.1. The number of hydrogen-bond acceptors (Lipinski definition) is 9. The Morgan fingerprint density at radius 3 is 2.44 bits per heavy atom. The summed E-state index contributed by atoms with van der Waals surface area (Å²) < 4.78 is 5.36. The molecule has 2 aromatic carbocycles. The molecule has 11 nitrogen and oxygen atoms in total. The molecule has 0 saturated carbocycles. The molecule has 5 N–H and O–H groups in total. The van der Waals surface area contributed by atoms with Gasteiger partial charge in [-0.3, -0.25) is 15.1 Å². The number of ether oxygens (including phenoxy) is 1. The number of nitrogens with one attached hydrogen (secondary N) is 3. The summed E-state index contributed by atoms with van der Waals surface area (Å²) in [6, 6.07) is 16.8. The minimum atomic E-state index is -0.627. The topological polar surface area (TPSA) is 147 Å². The molecule has 1 atom stereocenters. The third-order valence-corrected chi connectivity index (χ3v) is 5.83. The van der Waals surface area contributed by atoms with Crippen molar-refractivity contribution in [3.8, 4) is 0 Å². The van der Waals surface area contributed by atoms with Gasteiger partial charge in [0, 0.05) is 49.5 Å². The van der Waals surface area contributed by atoms with Gasteiger partial charge in [-0.1, -0.05) is 36.4 Å². The van der Waals surface area contributed by atoms with Crippen molar-refractivity contribution in [1.82, 2.24) is 14.9 Å². The minimum Gasteiger partial charge on any atom is -0.444 e. The molecule has 0 aliphatic heterocycles. The van der Waals surface area contributed by atoms with Gasteiger partial charge in [0.25, 0.3) is 0 Å². The molecule has 0 radical (unpaired) electrons. The van der Waals surface area contributed by atoms with Crippen molar-refractivity contribution in [1.29, 1.82) is 0 Å². The number of aromatic nitrogens is 2. The molecule has 0 saturated heterocycles. The van der Waals surface area contributed by atoms with Crippen LogP contribution in [0.3, 0.4) is 0 Å². The van der Waals surface area contributed by atoms with Crippen LogP contribution in [0.15, 0.2) is 77.7 Å². The van der Waals surface area contributed by atoms with Crippen LogP contribution in [0.25, 0.3) is 0 Å². The Morgan fingerprint density at radius 1 is 1.10 bits per heavy atom. The maximum absolute atomic E-state index is 12.8. The number of amides is 2. The lowest BCUT2D eigenvalue weighted by atomic mass is 10.1. The fourth-order valence-corrected chi connectivity index (χ4v) is 3.92. The lowest BCUT2D eigenvalue weighted by Crippen LogP contribution is -2.31.